The van der Waals surface area contributed by atoms with Crippen molar-refractivity contribution in [3.8, 4) is 0 Å². The molecular formula is C20H18N2O3. The lowest BCUT2D eigenvalue weighted by molar-refractivity contribution is -0.131. The molecule has 0 saturated carbocycles. The summed E-state index contributed by atoms with van der Waals surface area (Å²) in [7, 11) is 1.78. The van der Waals surface area contributed by atoms with Gasteiger partial charge in [-0.25, -0.2) is 0 Å². The maximum Gasteiger partial charge on any atom is 0.229 e. The second kappa shape index (κ2) is 6.09. The first-order chi connectivity index (χ1) is 12.1. The maximum atomic E-state index is 12.7. The molecule has 4 rings (SSSR count). The van der Waals surface area contributed by atoms with Gasteiger partial charge < -0.3 is 13.8 Å². The van der Waals surface area contributed by atoms with Crippen LogP contribution in [0.2, 0.25) is 0 Å². The number of amides is 1. The van der Waals surface area contributed by atoms with Crippen LogP contribution in [-0.4, -0.2) is 23.0 Å². The minimum atomic E-state index is -0.168. The summed E-state index contributed by atoms with van der Waals surface area (Å²) < 4.78 is 11.2. The Kier molecular flexibility index (Phi) is 3.76. The lowest BCUT2D eigenvalue weighted by atomic mass is 10.1. The number of likely N-dealkylation sites (N-methyl/N-ethyl adjacent to an activating group) is 1. The molecule has 0 fully saturated rings. The van der Waals surface area contributed by atoms with E-state index in [9.17, 15) is 4.79 Å². The predicted molar refractivity (Wildman–Crippen MR) is 95.1 cm³/mol. The van der Waals surface area contributed by atoms with Gasteiger partial charge in [-0.1, -0.05) is 35.5 Å². The Morgan fingerprint density at radius 1 is 1.12 bits per heavy atom. The summed E-state index contributed by atoms with van der Waals surface area (Å²) in [6, 6.07) is 17.2. The molecule has 0 bridgehead atoms. The van der Waals surface area contributed by atoms with E-state index in [-0.39, 0.29) is 18.4 Å². The highest BCUT2D eigenvalue weighted by Crippen LogP contribution is 2.27. The normalized spacial score (nSPS) is 12.6. The zero-order chi connectivity index (χ0) is 17.4. The minimum absolute atomic E-state index is 0.0352. The van der Waals surface area contributed by atoms with Gasteiger partial charge in [0.05, 0.1) is 12.5 Å². The van der Waals surface area contributed by atoms with Crippen molar-refractivity contribution in [2.75, 3.05) is 7.05 Å². The van der Waals surface area contributed by atoms with Crippen molar-refractivity contribution in [3.63, 3.8) is 0 Å². The topological polar surface area (TPSA) is 59.5 Å². The van der Waals surface area contributed by atoms with Gasteiger partial charge in [0.25, 0.3) is 0 Å². The van der Waals surface area contributed by atoms with Crippen LogP contribution in [0.1, 0.15) is 24.4 Å². The van der Waals surface area contributed by atoms with Crippen LogP contribution in [0.15, 0.2) is 63.5 Å². The van der Waals surface area contributed by atoms with Gasteiger partial charge in [0, 0.05) is 17.8 Å². The summed E-state index contributed by atoms with van der Waals surface area (Å²) in [5.74, 6) is 0.731. The molecule has 2 aromatic carbocycles. The molecule has 0 saturated heterocycles. The minimum Gasteiger partial charge on any atom is -0.459 e. The van der Waals surface area contributed by atoms with Crippen LogP contribution < -0.4 is 0 Å². The van der Waals surface area contributed by atoms with E-state index in [0.717, 1.165) is 22.1 Å². The number of rotatable bonds is 4. The predicted octanol–water partition coefficient (Wildman–Crippen LogP) is 4.34. The summed E-state index contributed by atoms with van der Waals surface area (Å²) in [5.41, 5.74) is 2.18. The monoisotopic (exact) mass is 334 g/mol. The number of fused-ring (bicyclic) bond motifs is 2. The van der Waals surface area contributed by atoms with Crippen LogP contribution >= 0.6 is 0 Å². The highest BCUT2D eigenvalue weighted by atomic mass is 16.5. The molecule has 0 aliphatic carbocycles. The molecule has 0 aliphatic rings. The van der Waals surface area contributed by atoms with Crippen molar-refractivity contribution in [2.24, 2.45) is 0 Å². The summed E-state index contributed by atoms with van der Waals surface area (Å²) in [6.45, 7) is 1.95. The van der Waals surface area contributed by atoms with E-state index >= 15 is 0 Å². The summed E-state index contributed by atoms with van der Waals surface area (Å²) >= 11 is 0. The van der Waals surface area contributed by atoms with E-state index in [2.05, 4.69) is 5.16 Å². The molecule has 1 amide bonds. The third-order valence-electron chi connectivity index (χ3n) is 4.60. The standard InChI is InChI=1S/C20H18N2O3/c1-13(19-11-14-7-3-5-9-17(14)24-19)22(2)20(23)12-16-15-8-4-6-10-18(15)25-21-16/h3-11,13H,12H2,1-2H3. The van der Waals surface area contributed by atoms with Gasteiger partial charge in [0.2, 0.25) is 5.91 Å². The van der Waals surface area contributed by atoms with Gasteiger partial charge in [0.15, 0.2) is 5.58 Å². The first-order valence-electron chi connectivity index (χ1n) is 8.21. The second-order valence-electron chi connectivity index (χ2n) is 6.17. The fraction of sp³-hybridized carbons (Fsp3) is 0.200. The number of furan rings is 1. The number of aromatic nitrogens is 1. The van der Waals surface area contributed by atoms with E-state index in [1.807, 2.05) is 61.5 Å². The molecule has 5 nitrogen and oxygen atoms in total. The summed E-state index contributed by atoms with van der Waals surface area (Å²) in [5, 5.41) is 5.95. The Hall–Kier alpha value is -3.08. The Labute approximate surface area is 144 Å². The zero-order valence-corrected chi connectivity index (χ0v) is 14.1. The van der Waals surface area contributed by atoms with Crippen molar-refractivity contribution in [1.29, 1.82) is 0 Å². The zero-order valence-electron chi connectivity index (χ0n) is 14.1. The number of carbonyl (C=O) groups is 1. The van der Waals surface area contributed by atoms with Gasteiger partial charge in [0.1, 0.15) is 17.0 Å². The first-order valence-corrected chi connectivity index (χ1v) is 8.21. The highest BCUT2D eigenvalue weighted by molar-refractivity contribution is 5.86. The van der Waals surface area contributed by atoms with Gasteiger partial charge in [-0.05, 0) is 31.2 Å². The molecule has 1 unspecified atom stereocenters. The first kappa shape index (κ1) is 15.4. The number of hydrogen-bond acceptors (Lipinski definition) is 4. The molecule has 5 heteroatoms. The van der Waals surface area contributed by atoms with Crippen LogP contribution in [0.4, 0.5) is 0 Å². The average molecular weight is 334 g/mol. The average Bonchev–Trinajstić information content (AvgIpc) is 3.25. The van der Waals surface area contributed by atoms with Crippen molar-refractivity contribution >= 4 is 27.8 Å². The van der Waals surface area contributed by atoms with Crippen molar-refractivity contribution in [3.05, 3.63) is 66.1 Å². The van der Waals surface area contributed by atoms with Crippen molar-refractivity contribution in [1.82, 2.24) is 10.1 Å². The van der Waals surface area contributed by atoms with Crippen LogP contribution in [-0.2, 0) is 11.2 Å². The Bertz CT molecular complexity index is 1010. The molecule has 1 atom stereocenters. The largest absolute Gasteiger partial charge is 0.459 e. The molecule has 0 N–H and O–H groups in total. The SMILES string of the molecule is CC(c1cc2ccccc2o1)N(C)C(=O)Cc1noc2ccccc12. The van der Waals surface area contributed by atoms with Gasteiger partial charge in [-0.2, -0.15) is 0 Å². The summed E-state index contributed by atoms with van der Waals surface area (Å²) in [4.78, 5) is 14.4. The van der Waals surface area contributed by atoms with E-state index in [1.54, 1.807) is 11.9 Å². The Balaban J connectivity index is 1.55. The van der Waals surface area contributed by atoms with Crippen LogP contribution in [0, 0.1) is 0 Å². The van der Waals surface area contributed by atoms with Crippen LogP contribution in [0.3, 0.4) is 0 Å². The van der Waals surface area contributed by atoms with Gasteiger partial charge in [-0.3, -0.25) is 4.79 Å². The number of para-hydroxylation sites is 2. The van der Waals surface area contributed by atoms with Crippen LogP contribution in [0.25, 0.3) is 21.9 Å². The number of benzene rings is 2. The molecule has 0 radical (unpaired) electrons. The third kappa shape index (κ3) is 2.78. The molecule has 0 aliphatic heterocycles. The van der Waals surface area contributed by atoms with Crippen molar-refractivity contribution < 1.29 is 13.7 Å². The molecule has 0 spiro atoms. The molecule has 2 heterocycles. The summed E-state index contributed by atoms with van der Waals surface area (Å²) in [6.07, 6.45) is 0.193. The smallest absolute Gasteiger partial charge is 0.229 e. The fourth-order valence-electron chi connectivity index (χ4n) is 2.95. The lowest BCUT2D eigenvalue weighted by Gasteiger charge is -2.23. The number of carbonyl (C=O) groups excluding carboxylic acids is 1. The lowest BCUT2D eigenvalue weighted by Crippen LogP contribution is -2.30. The highest BCUT2D eigenvalue weighted by Gasteiger charge is 2.22. The molecular weight excluding hydrogens is 316 g/mol. The molecule has 2 aromatic heterocycles. The second-order valence-corrected chi connectivity index (χ2v) is 6.17. The fourth-order valence-corrected chi connectivity index (χ4v) is 2.95. The van der Waals surface area contributed by atoms with Gasteiger partial charge in [-0.15, -0.1) is 0 Å². The van der Waals surface area contributed by atoms with Gasteiger partial charge >= 0.3 is 0 Å². The number of hydrogen-bond donors (Lipinski definition) is 0. The quantitative estimate of drug-likeness (QED) is 0.557. The Morgan fingerprint density at radius 2 is 1.84 bits per heavy atom. The maximum absolute atomic E-state index is 12.7. The van der Waals surface area contributed by atoms with E-state index in [0.29, 0.717) is 11.3 Å². The van der Waals surface area contributed by atoms with Crippen molar-refractivity contribution in [2.45, 2.75) is 19.4 Å². The molecule has 25 heavy (non-hydrogen) atoms. The number of nitrogens with zero attached hydrogens (tertiary/aromatic N) is 2. The van der Waals surface area contributed by atoms with Crippen LogP contribution in [0.5, 0.6) is 0 Å². The molecule has 4 aromatic rings. The van der Waals surface area contributed by atoms with E-state index < -0.39 is 0 Å². The van der Waals surface area contributed by atoms with E-state index in [1.165, 1.54) is 0 Å². The Morgan fingerprint density at radius 3 is 2.64 bits per heavy atom. The van der Waals surface area contributed by atoms with E-state index in [4.69, 9.17) is 8.94 Å². The molecule has 126 valence electrons. The third-order valence-corrected chi connectivity index (χ3v) is 4.60.